The molecule has 3 aromatic rings. The van der Waals surface area contributed by atoms with E-state index in [1.807, 2.05) is 0 Å². The van der Waals surface area contributed by atoms with Gasteiger partial charge in [0.25, 0.3) is 5.91 Å². The molecule has 1 aliphatic rings. The van der Waals surface area contributed by atoms with E-state index < -0.39 is 33.6 Å². The molecule has 0 fully saturated rings. The summed E-state index contributed by atoms with van der Waals surface area (Å²) in [5, 5.41) is 3.01. The van der Waals surface area contributed by atoms with Crippen LogP contribution >= 0.6 is 11.6 Å². The van der Waals surface area contributed by atoms with Crippen LogP contribution in [0.4, 0.5) is 5.69 Å². The Morgan fingerprint density at radius 3 is 2.41 bits per heavy atom. The van der Waals surface area contributed by atoms with Crippen molar-refractivity contribution in [1.29, 1.82) is 0 Å². The molecular weight excluding hydrogens is 454 g/mol. The Balaban J connectivity index is 1.56. The number of benzene rings is 3. The van der Waals surface area contributed by atoms with Crippen LogP contribution in [0.1, 0.15) is 33.2 Å². The van der Waals surface area contributed by atoms with E-state index in [4.69, 9.17) is 16.3 Å². The summed E-state index contributed by atoms with van der Waals surface area (Å²) in [6.07, 6.45) is -1.17. The van der Waals surface area contributed by atoms with Gasteiger partial charge >= 0.3 is 5.97 Å². The lowest BCUT2D eigenvalue weighted by Gasteiger charge is -2.19. The zero-order valence-electron chi connectivity index (χ0n) is 16.7. The van der Waals surface area contributed by atoms with Gasteiger partial charge in [-0.25, -0.2) is 13.2 Å². The number of rotatable bonds is 4. The highest BCUT2D eigenvalue weighted by atomic mass is 35.5. The minimum Gasteiger partial charge on any atom is -0.449 e. The van der Waals surface area contributed by atoms with E-state index in [1.54, 1.807) is 24.3 Å². The number of carbonyl (C=O) groups excluding carboxylic acids is 3. The van der Waals surface area contributed by atoms with Gasteiger partial charge in [0.05, 0.1) is 15.4 Å². The number of fused-ring (bicyclic) bond motifs is 2. The van der Waals surface area contributed by atoms with Gasteiger partial charge in [-0.3, -0.25) is 9.59 Å². The zero-order chi connectivity index (χ0) is 23.0. The average Bonchev–Trinajstić information content (AvgIpc) is 2.77. The lowest BCUT2D eigenvalue weighted by atomic mass is 10.0. The van der Waals surface area contributed by atoms with E-state index in [0.717, 1.165) is 6.07 Å². The molecule has 4 rings (SSSR count). The second kappa shape index (κ2) is 8.22. The molecule has 1 N–H and O–H groups in total. The van der Waals surface area contributed by atoms with Crippen molar-refractivity contribution in [3.63, 3.8) is 0 Å². The molecule has 1 amide bonds. The molecule has 32 heavy (non-hydrogen) atoms. The summed E-state index contributed by atoms with van der Waals surface area (Å²) in [6, 6.07) is 16.0. The summed E-state index contributed by atoms with van der Waals surface area (Å²) in [4.78, 5) is 37.2. The Kier molecular flexibility index (Phi) is 5.58. The predicted molar refractivity (Wildman–Crippen MR) is 117 cm³/mol. The molecule has 7 nitrogen and oxygen atoms in total. The molecule has 9 heteroatoms. The van der Waals surface area contributed by atoms with E-state index in [9.17, 15) is 22.8 Å². The summed E-state index contributed by atoms with van der Waals surface area (Å²) in [7, 11) is -4.00. The lowest BCUT2D eigenvalue weighted by Crippen LogP contribution is -2.30. The third-order valence-electron chi connectivity index (χ3n) is 4.92. The van der Waals surface area contributed by atoms with Gasteiger partial charge in [0.2, 0.25) is 9.84 Å². The maximum Gasteiger partial charge on any atom is 0.338 e. The van der Waals surface area contributed by atoms with Crippen molar-refractivity contribution in [2.24, 2.45) is 0 Å². The van der Waals surface area contributed by atoms with E-state index >= 15 is 0 Å². The van der Waals surface area contributed by atoms with Crippen LogP contribution in [0.25, 0.3) is 0 Å². The van der Waals surface area contributed by atoms with Crippen molar-refractivity contribution in [1.82, 2.24) is 0 Å². The number of hydrogen-bond donors (Lipinski definition) is 1. The number of halogens is 1. The topological polar surface area (TPSA) is 107 Å². The Labute approximate surface area is 188 Å². The Bertz CT molecular complexity index is 1380. The summed E-state index contributed by atoms with van der Waals surface area (Å²) < 4.78 is 31.2. The van der Waals surface area contributed by atoms with Gasteiger partial charge in [-0.2, -0.15) is 0 Å². The third-order valence-corrected chi connectivity index (χ3v) is 7.00. The molecule has 0 aromatic heterocycles. The SMILES string of the molecule is CC(OC(=O)c1ccc2c(c1)S(=O)(=O)c1ccccc1C2=O)C(=O)Nc1cccc(Cl)c1. The van der Waals surface area contributed by atoms with E-state index in [-0.39, 0.29) is 26.5 Å². The highest BCUT2D eigenvalue weighted by molar-refractivity contribution is 7.91. The van der Waals surface area contributed by atoms with Crippen LogP contribution in [0.5, 0.6) is 0 Å². The van der Waals surface area contributed by atoms with Gasteiger partial charge in [0.1, 0.15) is 0 Å². The number of anilines is 1. The van der Waals surface area contributed by atoms with Crippen molar-refractivity contribution in [2.45, 2.75) is 22.8 Å². The van der Waals surface area contributed by atoms with Crippen LogP contribution in [-0.2, 0) is 19.4 Å². The van der Waals surface area contributed by atoms with Crippen molar-refractivity contribution >= 4 is 44.8 Å². The molecular formula is C23H16ClNO6S. The first kappa shape index (κ1) is 21.7. The van der Waals surface area contributed by atoms with Crippen LogP contribution < -0.4 is 5.32 Å². The summed E-state index contributed by atoms with van der Waals surface area (Å²) >= 11 is 5.89. The van der Waals surface area contributed by atoms with Crippen LogP contribution in [0.2, 0.25) is 5.02 Å². The first-order chi connectivity index (χ1) is 15.2. The van der Waals surface area contributed by atoms with Crippen molar-refractivity contribution in [2.75, 3.05) is 5.32 Å². The number of hydrogen-bond acceptors (Lipinski definition) is 6. The number of ether oxygens (including phenoxy) is 1. The fourth-order valence-electron chi connectivity index (χ4n) is 3.30. The number of esters is 1. The molecule has 1 unspecified atom stereocenters. The number of nitrogens with one attached hydrogen (secondary N) is 1. The fourth-order valence-corrected chi connectivity index (χ4v) is 5.17. The lowest BCUT2D eigenvalue weighted by molar-refractivity contribution is -0.123. The molecule has 0 radical (unpaired) electrons. The first-order valence-corrected chi connectivity index (χ1v) is 11.3. The maximum atomic E-state index is 13.0. The quantitative estimate of drug-likeness (QED) is 0.454. The normalized spacial score (nSPS) is 14.6. The van der Waals surface area contributed by atoms with Gasteiger partial charge in [-0.15, -0.1) is 0 Å². The molecule has 0 spiro atoms. The monoisotopic (exact) mass is 469 g/mol. The molecule has 162 valence electrons. The molecule has 1 atom stereocenters. The summed E-state index contributed by atoms with van der Waals surface area (Å²) in [6.45, 7) is 1.38. The number of sulfone groups is 1. The molecule has 0 bridgehead atoms. The fraction of sp³-hybridized carbons (Fsp3) is 0.0870. The highest BCUT2D eigenvalue weighted by Crippen LogP contribution is 2.34. The summed E-state index contributed by atoms with van der Waals surface area (Å²) in [5.41, 5.74) is 0.401. The molecule has 1 aliphatic heterocycles. The molecule has 0 aliphatic carbocycles. The maximum absolute atomic E-state index is 13.0. The van der Waals surface area contributed by atoms with Gasteiger partial charge < -0.3 is 10.1 Å². The highest BCUT2D eigenvalue weighted by Gasteiger charge is 2.35. The standard InChI is InChI=1S/C23H16ClNO6S/c1-13(22(27)25-16-6-4-5-15(24)12-16)31-23(28)14-9-10-18-20(11-14)32(29,30)19-8-3-2-7-17(19)21(18)26/h2-13H,1H3,(H,25,27). The van der Waals surface area contributed by atoms with Gasteiger partial charge in [-0.05, 0) is 55.5 Å². The van der Waals surface area contributed by atoms with Gasteiger partial charge in [0.15, 0.2) is 11.9 Å². The van der Waals surface area contributed by atoms with Crippen LogP contribution in [0.15, 0.2) is 76.5 Å². The molecule has 0 saturated heterocycles. The van der Waals surface area contributed by atoms with Crippen LogP contribution in [-0.4, -0.2) is 32.2 Å². The smallest absolute Gasteiger partial charge is 0.338 e. The second-order valence-electron chi connectivity index (χ2n) is 7.09. The van der Waals surface area contributed by atoms with Gasteiger partial charge in [-0.1, -0.05) is 29.8 Å². The minimum absolute atomic E-state index is 0.0213. The molecule has 3 aromatic carbocycles. The zero-order valence-corrected chi connectivity index (χ0v) is 18.2. The molecule has 0 saturated carbocycles. The van der Waals surface area contributed by atoms with Crippen molar-refractivity contribution in [3.05, 3.63) is 88.4 Å². The predicted octanol–water partition coefficient (Wildman–Crippen LogP) is 3.90. The Morgan fingerprint density at radius 2 is 1.66 bits per heavy atom. The molecule has 1 heterocycles. The van der Waals surface area contributed by atoms with E-state index in [1.165, 1.54) is 43.3 Å². The Hall–Kier alpha value is -3.49. The number of amides is 1. The van der Waals surface area contributed by atoms with Gasteiger partial charge in [0, 0.05) is 21.8 Å². The van der Waals surface area contributed by atoms with Crippen molar-refractivity contribution in [3.8, 4) is 0 Å². The Morgan fingerprint density at radius 1 is 0.938 bits per heavy atom. The third kappa shape index (κ3) is 3.90. The van der Waals surface area contributed by atoms with Crippen molar-refractivity contribution < 1.29 is 27.5 Å². The minimum atomic E-state index is -4.00. The average molecular weight is 470 g/mol. The van der Waals surface area contributed by atoms with Crippen LogP contribution in [0.3, 0.4) is 0 Å². The first-order valence-electron chi connectivity index (χ1n) is 9.49. The van der Waals surface area contributed by atoms with Crippen LogP contribution in [0, 0.1) is 0 Å². The number of ketones is 1. The summed E-state index contributed by atoms with van der Waals surface area (Å²) in [5.74, 6) is -1.93. The second-order valence-corrected chi connectivity index (χ2v) is 9.41. The largest absolute Gasteiger partial charge is 0.449 e. The number of carbonyl (C=O) groups is 3. The van der Waals surface area contributed by atoms with E-state index in [2.05, 4.69) is 5.32 Å². The van der Waals surface area contributed by atoms with E-state index in [0.29, 0.717) is 10.7 Å².